The lowest BCUT2D eigenvalue weighted by Crippen LogP contribution is -2.39. The number of Topliss-reactive ketones (excluding diaryl/α,β-unsaturated/α-hetero) is 1. The Morgan fingerprint density at radius 1 is 1.13 bits per heavy atom. The molecule has 0 amide bonds. The third-order valence-corrected chi connectivity index (χ3v) is 5.89. The van der Waals surface area contributed by atoms with E-state index in [1.165, 1.54) is 25.7 Å². The number of rotatable bonds is 0. The van der Waals surface area contributed by atoms with Gasteiger partial charge in [-0.2, -0.15) is 0 Å². The second-order valence-corrected chi connectivity index (χ2v) is 6.86. The highest BCUT2D eigenvalue weighted by molar-refractivity contribution is 5.88. The number of hydrogen-bond donors (Lipinski definition) is 0. The summed E-state index contributed by atoms with van der Waals surface area (Å²) < 4.78 is 0. The monoisotopic (exact) mass is 206 g/mol. The van der Waals surface area contributed by atoms with Gasteiger partial charge in [0.2, 0.25) is 0 Å². The lowest BCUT2D eigenvalue weighted by atomic mass is 9.63. The molecule has 84 valence electrons. The van der Waals surface area contributed by atoms with Crippen LogP contribution in [0, 0.1) is 28.6 Å². The minimum Gasteiger partial charge on any atom is -0.299 e. The van der Waals surface area contributed by atoms with Crippen LogP contribution in [0.25, 0.3) is 0 Å². The van der Waals surface area contributed by atoms with Gasteiger partial charge < -0.3 is 0 Å². The van der Waals surface area contributed by atoms with Crippen molar-refractivity contribution in [2.45, 2.75) is 52.9 Å². The van der Waals surface area contributed by atoms with E-state index in [0.29, 0.717) is 17.1 Å². The Labute approximate surface area is 92.6 Å². The minimum absolute atomic E-state index is 0.117. The van der Waals surface area contributed by atoms with Gasteiger partial charge in [0.05, 0.1) is 0 Å². The Morgan fingerprint density at radius 3 is 2.53 bits per heavy atom. The van der Waals surface area contributed by atoms with Crippen molar-refractivity contribution in [3.05, 3.63) is 0 Å². The summed E-state index contributed by atoms with van der Waals surface area (Å²) in [4.78, 5) is 12.3. The number of carbonyl (C=O) groups is 1. The van der Waals surface area contributed by atoms with Gasteiger partial charge in [-0.05, 0) is 48.9 Å². The van der Waals surface area contributed by atoms with Gasteiger partial charge in [0.1, 0.15) is 5.78 Å². The third-order valence-electron chi connectivity index (χ3n) is 5.89. The molecule has 0 heterocycles. The molecule has 4 atom stereocenters. The topological polar surface area (TPSA) is 17.1 Å². The number of carbonyl (C=O) groups excluding carboxylic acids is 1. The predicted octanol–water partition coefficient (Wildman–Crippen LogP) is 3.43. The molecule has 0 N–H and O–H groups in total. The first kappa shape index (κ1) is 9.86. The molecule has 3 saturated carbocycles. The lowest BCUT2D eigenvalue weighted by molar-refractivity contribution is -0.131. The van der Waals surface area contributed by atoms with E-state index < -0.39 is 0 Å². The molecule has 3 fully saturated rings. The molecule has 0 aromatic rings. The van der Waals surface area contributed by atoms with Gasteiger partial charge in [-0.3, -0.25) is 4.79 Å². The van der Waals surface area contributed by atoms with E-state index in [1.807, 2.05) is 0 Å². The molecule has 3 aliphatic carbocycles. The van der Waals surface area contributed by atoms with Crippen LogP contribution in [0.15, 0.2) is 0 Å². The minimum atomic E-state index is 0.117. The molecule has 15 heavy (non-hydrogen) atoms. The van der Waals surface area contributed by atoms with Crippen LogP contribution < -0.4 is 0 Å². The Kier molecular flexibility index (Phi) is 1.76. The fourth-order valence-corrected chi connectivity index (χ4v) is 5.30. The largest absolute Gasteiger partial charge is 0.299 e. The van der Waals surface area contributed by atoms with Crippen molar-refractivity contribution in [2.75, 3.05) is 0 Å². The lowest BCUT2D eigenvalue weighted by Gasteiger charge is -2.40. The first-order valence-corrected chi connectivity index (χ1v) is 6.52. The van der Waals surface area contributed by atoms with E-state index in [4.69, 9.17) is 0 Å². The first-order valence-electron chi connectivity index (χ1n) is 6.52. The van der Waals surface area contributed by atoms with Crippen molar-refractivity contribution in [3.8, 4) is 0 Å². The smallest absolute Gasteiger partial charge is 0.139 e. The van der Waals surface area contributed by atoms with Crippen LogP contribution in [0.3, 0.4) is 0 Å². The summed E-state index contributed by atoms with van der Waals surface area (Å²) in [6.07, 6.45) is 5.90. The van der Waals surface area contributed by atoms with Crippen molar-refractivity contribution in [1.82, 2.24) is 0 Å². The summed E-state index contributed by atoms with van der Waals surface area (Å²) in [5.74, 6) is 2.83. The molecule has 0 saturated heterocycles. The van der Waals surface area contributed by atoms with E-state index >= 15 is 0 Å². The molecule has 0 aromatic heterocycles. The molecule has 1 nitrogen and oxygen atoms in total. The molecule has 0 spiro atoms. The van der Waals surface area contributed by atoms with Gasteiger partial charge in [-0.1, -0.05) is 20.8 Å². The summed E-state index contributed by atoms with van der Waals surface area (Å²) in [5.41, 5.74) is 0.540. The van der Waals surface area contributed by atoms with Gasteiger partial charge in [0, 0.05) is 11.8 Å². The summed E-state index contributed by atoms with van der Waals surface area (Å²) in [6, 6.07) is 0. The normalized spacial score (nSPS) is 51.9. The zero-order valence-corrected chi connectivity index (χ0v) is 10.2. The van der Waals surface area contributed by atoms with Crippen LogP contribution in [0.5, 0.6) is 0 Å². The first-order chi connectivity index (χ1) is 6.98. The highest BCUT2D eigenvalue weighted by Crippen LogP contribution is 2.69. The van der Waals surface area contributed by atoms with Crippen molar-refractivity contribution >= 4 is 5.78 Å². The maximum atomic E-state index is 12.3. The molecule has 0 unspecified atom stereocenters. The Hall–Kier alpha value is -0.330. The Morgan fingerprint density at radius 2 is 1.87 bits per heavy atom. The van der Waals surface area contributed by atoms with Crippen LogP contribution in [0.2, 0.25) is 0 Å². The van der Waals surface area contributed by atoms with E-state index in [1.54, 1.807) is 0 Å². The third kappa shape index (κ3) is 0.976. The second kappa shape index (κ2) is 2.67. The van der Waals surface area contributed by atoms with E-state index in [0.717, 1.165) is 18.3 Å². The second-order valence-electron chi connectivity index (χ2n) is 6.86. The van der Waals surface area contributed by atoms with Crippen LogP contribution in [-0.4, -0.2) is 5.78 Å². The van der Waals surface area contributed by atoms with Crippen LogP contribution in [-0.2, 0) is 4.79 Å². The van der Waals surface area contributed by atoms with Crippen molar-refractivity contribution < 1.29 is 4.79 Å². The maximum Gasteiger partial charge on any atom is 0.139 e. The molecule has 0 aromatic carbocycles. The van der Waals surface area contributed by atoms with Crippen molar-refractivity contribution in [2.24, 2.45) is 28.6 Å². The Balaban J connectivity index is 2.11. The van der Waals surface area contributed by atoms with Gasteiger partial charge >= 0.3 is 0 Å². The van der Waals surface area contributed by atoms with E-state index in [9.17, 15) is 4.79 Å². The quantitative estimate of drug-likeness (QED) is 0.593. The molecule has 2 bridgehead atoms. The SMILES string of the molecule is C[C@@H]1CC[C@@H]2[C@H]3CCC(=O)[C@]13CC2(C)C. The van der Waals surface area contributed by atoms with Crippen molar-refractivity contribution in [1.29, 1.82) is 0 Å². The van der Waals surface area contributed by atoms with Gasteiger partial charge in [-0.15, -0.1) is 0 Å². The summed E-state index contributed by atoms with van der Waals surface area (Å²) in [6.45, 7) is 7.11. The van der Waals surface area contributed by atoms with Gasteiger partial charge in [-0.25, -0.2) is 0 Å². The molecule has 0 aliphatic heterocycles. The standard InChI is InChI=1S/C14H22O/c1-9-4-5-10-11-6-7-12(15)14(9,11)8-13(10,2)3/h9-11H,4-8H2,1-3H3/t9-,10-,11-,14-/m1/s1. The number of ketones is 1. The highest BCUT2D eigenvalue weighted by Gasteiger charge is 2.66. The highest BCUT2D eigenvalue weighted by atomic mass is 16.1. The average Bonchev–Trinajstić information content (AvgIpc) is 2.54. The van der Waals surface area contributed by atoms with E-state index in [2.05, 4.69) is 20.8 Å². The molecular formula is C14H22O. The summed E-state index contributed by atoms with van der Waals surface area (Å²) in [5, 5.41) is 0. The van der Waals surface area contributed by atoms with Crippen LogP contribution in [0.4, 0.5) is 0 Å². The predicted molar refractivity (Wildman–Crippen MR) is 60.5 cm³/mol. The number of hydrogen-bond acceptors (Lipinski definition) is 1. The van der Waals surface area contributed by atoms with Crippen LogP contribution >= 0.6 is 0 Å². The fourth-order valence-electron chi connectivity index (χ4n) is 5.30. The Bertz CT molecular complexity index is 317. The van der Waals surface area contributed by atoms with Gasteiger partial charge in [0.15, 0.2) is 0 Å². The summed E-state index contributed by atoms with van der Waals surface area (Å²) in [7, 11) is 0. The molecular weight excluding hydrogens is 184 g/mol. The average molecular weight is 206 g/mol. The zero-order chi connectivity index (χ0) is 10.8. The fraction of sp³-hybridized carbons (Fsp3) is 0.929. The van der Waals surface area contributed by atoms with Crippen LogP contribution in [0.1, 0.15) is 52.9 Å². The summed E-state index contributed by atoms with van der Waals surface area (Å²) >= 11 is 0. The molecule has 3 aliphatic rings. The van der Waals surface area contributed by atoms with Crippen molar-refractivity contribution in [3.63, 3.8) is 0 Å². The van der Waals surface area contributed by atoms with Gasteiger partial charge in [0.25, 0.3) is 0 Å². The molecule has 0 radical (unpaired) electrons. The van der Waals surface area contributed by atoms with E-state index in [-0.39, 0.29) is 5.41 Å². The zero-order valence-electron chi connectivity index (χ0n) is 10.2. The molecule has 1 heteroatoms. The maximum absolute atomic E-state index is 12.3. The molecule has 3 rings (SSSR count).